The molecule has 1 aromatic heterocycles. The molecule has 3 N–H and O–H groups in total. The number of amides is 1. The number of rotatable bonds is 2. The largest absolute Gasteiger partial charge is 0.382 e. The average molecular weight is 270 g/mol. The number of hydrogen-bond donors (Lipinski definition) is 2. The average Bonchev–Trinajstić information content (AvgIpc) is 3.07. The quantitative estimate of drug-likeness (QED) is 0.875. The molecule has 5 heteroatoms. The Bertz CT molecular complexity index is 601. The van der Waals surface area contributed by atoms with Crippen LogP contribution in [-0.4, -0.2) is 34.1 Å². The zero-order valence-electron chi connectivity index (χ0n) is 11.5. The van der Waals surface area contributed by atoms with Crippen LogP contribution in [0.1, 0.15) is 34.0 Å². The van der Waals surface area contributed by atoms with Crippen molar-refractivity contribution in [2.24, 2.45) is 0 Å². The molecule has 1 fully saturated rings. The predicted octanol–water partition coefficient (Wildman–Crippen LogP) is 1.93. The Morgan fingerprint density at radius 3 is 2.80 bits per heavy atom. The summed E-state index contributed by atoms with van der Waals surface area (Å²) in [6.45, 7) is 3.33. The van der Waals surface area contributed by atoms with E-state index in [0.29, 0.717) is 11.5 Å². The van der Waals surface area contributed by atoms with E-state index in [-0.39, 0.29) is 11.7 Å². The van der Waals surface area contributed by atoms with Crippen molar-refractivity contribution in [3.8, 4) is 0 Å². The number of carbonyl (C=O) groups is 1. The molecule has 0 radical (unpaired) electrons. The molecule has 1 aromatic carbocycles. The van der Waals surface area contributed by atoms with Crippen LogP contribution in [0.25, 0.3) is 0 Å². The second-order valence-corrected chi connectivity index (χ2v) is 5.26. The van der Waals surface area contributed by atoms with Gasteiger partial charge in [-0.2, -0.15) is 5.10 Å². The molecular weight excluding hydrogens is 252 g/mol. The van der Waals surface area contributed by atoms with Gasteiger partial charge in [0.25, 0.3) is 5.91 Å². The summed E-state index contributed by atoms with van der Waals surface area (Å²) >= 11 is 0. The van der Waals surface area contributed by atoms with Gasteiger partial charge in [0.2, 0.25) is 0 Å². The number of aryl methyl sites for hydroxylation is 1. The molecule has 0 aliphatic carbocycles. The number of nitrogens with two attached hydrogens (primary N) is 1. The van der Waals surface area contributed by atoms with Crippen LogP contribution in [0.4, 0.5) is 5.82 Å². The number of hydrogen-bond acceptors (Lipinski definition) is 3. The number of anilines is 1. The zero-order valence-corrected chi connectivity index (χ0v) is 11.5. The molecule has 1 aliphatic heterocycles. The van der Waals surface area contributed by atoms with E-state index in [1.54, 1.807) is 0 Å². The molecule has 1 amide bonds. The van der Waals surface area contributed by atoms with Crippen molar-refractivity contribution in [3.63, 3.8) is 0 Å². The summed E-state index contributed by atoms with van der Waals surface area (Å²) in [7, 11) is 0. The standard InChI is InChI=1S/C15H18N4O/c1-10-13(14(16)18-17-10)15(20)19-8-7-12(9-19)11-5-3-2-4-6-11/h2-6,12H,7-9H2,1H3,(H3,16,17,18). The third-order valence-electron chi connectivity index (χ3n) is 3.94. The molecule has 0 spiro atoms. The second-order valence-electron chi connectivity index (χ2n) is 5.26. The van der Waals surface area contributed by atoms with Crippen LogP contribution in [0.5, 0.6) is 0 Å². The van der Waals surface area contributed by atoms with Crippen molar-refractivity contribution in [2.45, 2.75) is 19.3 Å². The molecular formula is C15H18N4O. The molecule has 20 heavy (non-hydrogen) atoms. The minimum absolute atomic E-state index is 0.0211. The van der Waals surface area contributed by atoms with E-state index in [4.69, 9.17) is 5.73 Å². The fraction of sp³-hybridized carbons (Fsp3) is 0.333. The smallest absolute Gasteiger partial charge is 0.259 e. The first-order valence-electron chi connectivity index (χ1n) is 6.81. The summed E-state index contributed by atoms with van der Waals surface area (Å²) in [5.74, 6) is 0.677. The Labute approximate surface area is 117 Å². The minimum atomic E-state index is -0.0211. The lowest BCUT2D eigenvalue weighted by molar-refractivity contribution is 0.0791. The number of nitrogens with one attached hydrogen (secondary N) is 1. The number of likely N-dealkylation sites (tertiary alicyclic amines) is 1. The molecule has 5 nitrogen and oxygen atoms in total. The lowest BCUT2D eigenvalue weighted by Crippen LogP contribution is -2.29. The van der Waals surface area contributed by atoms with Gasteiger partial charge in [-0.15, -0.1) is 0 Å². The van der Waals surface area contributed by atoms with Crippen molar-refractivity contribution in [1.29, 1.82) is 0 Å². The molecule has 2 heterocycles. The topological polar surface area (TPSA) is 75.0 Å². The fourth-order valence-corrected chi connectivity index (χ4v) is 2.82. The Morgan fingerprint density at radius 1 is 1.40 bits per heavy atom. The number of aromatic amines is 1. The lowest BCUT2D eigenvalue weighted by Gasteiger charge is -2.16. The lowest BCUT2D eigenvalue weighted by atomic mass is 9.99. The first kappa shape index (κ1) is 12.7. The van der Waals surface area contributed by atoms with Crippen LogP contribution in [-0.2, 0) is 0 Å². The van der Waals surface area contributed by atoms with Crippen LogP contribution in [0.3, 0.4) is 0 Å². The van der Waals surface area contributed by atoms with E-state index in [9.17, 15) is 4.79 Å². The number of carbonyl (C=O) groups excluding carboxylic acids is 1. The molecule has 1 aliphatic rings. The van der Waals surface area contributed by atoms with Gasteiger partial charge in [-0.1, -0.05) is 30.3 Å². The third-order valence-corrected chi connectivity index (χ3v) is 3.94. The van der Waals surface area contributed by atoms with Gasteiger partial charge in [0.15, 0.2) is 5.82 Å². The van der Waals surface area contributed by atoms with Crippen LogP contribution < -0.4 is 5.73 Å². The monoisotopic (exact) mass is 270 g/mol. The Morgan fingerprint density at radius 2 is 2.15 bits per heavy atom. The fourth-order valence-electron chi connectivity index (χ4n) is 2.82. The van der Waals surface area contributed by atoms with E-state index < -0.39 is 0 Å². The first-order chi connectivity index (χ1) is 9.66. The summed E-state index contributed by atoms with van der Waals surface area (Å²) < 4.78 is 0. The summed E-state index contributed by atoms with van der Waals surface area (Å²) in [4.78, 5) is 14.4. The van der Waals surface area contributed by atoms with Gasteiger partial charge in [0.05, 0.1) is 0 Å². The maximum Gasteiger partial charge on any atom is 0.259 e. The normalized spacial score (nSPS) is 18.4. The SMILES string of the molecule is Cc1[nH]nc(N)c1C(=O)N1CCC(c2ccccc2)C1. The van der Waals surface area contributed by atoms with Gasteiger partial charge in [-0.3, -0.25) is 9.89 Å². The molecule has 1 unspecified atom stereocenters. The maximum absolute atomic E-state index is 12.5. The maximum atomic E-state index is 12.5. The summed E-state index contributed by atoms with van der Waals surface area (Å²) in [6.07, 6.45) is 0.993. The number of benzene rings is 1. The van der Waals surface area contributed by atoms with Gasteiger partial charge in [0, 0.05) is 24.7 Å². The van der Waals surface area contributed by atoms with Gasteiger partial charge in [0.1, 0.15) is 5.56 Å². The number of nitrogens with zero attached hydrogens (tertiary/aromatic N) is 2. The van der Waals surface area contributed by atoms with Crippen molar-refractivity contribution in [1.82, 2.24) is 15.1 Å². The van der Waals surface area contributed by atoms with Crippen molar-refractivity contribution < 1.29 is 4.79 Å². The van der Waals surface area contributed by atoms with E-state index in [0.717, 1.165) is 25.2 Å². The van der Waals surface area contributed by atoms with Gasteiger partial charge < -0.3 is 10.6 Å². The molecule has 1 saturated heterocycles. The van der Waals surface area contributed by atoms with E-state index in [1.165, 1.54) is 5.56 Å². The highest BCUT2D eigenvalue weighted by Gasteiger charge is 2.30. The Balaban J connectivity index is 1.76. The third kappa shape index (κ3) is 2.15. The minimum Gasteiger partial charge on any atom is -0.382 e. The Hall–Kier alpha value is -2.30. The zero-order chi connectivity index (χ0) is 14.1. The predicted molar refractivity (Wildman–Crippen MR) is 77.4 cm³/mol. The van der Waals surface area contributed by atoms with Crippen LogP contribution in [0.15, 0.2) is 30.3 Å². The van der Waals surface area contributed by atoms with Gasteiger partial charge in [-0.05, 0) is 18.9 Å². The molecule has 2 aromatic rings. The Kier molecular flexibility index (Phi) is 3.18. The molecule has 3 rings (SSSR count). The highest BCUT2D eigenvalue weighted by molar-refractivity contribution is 5.99. The molecule has 0 saturated carbocycles. The molecule has 104 valence electrons. The van der Waals surface area contributed by atoms with E-state index in [2.05, 4.69) is 22.3 Å². The molecule has 1 atom stereocenters. The number of aromatic nitrogens is 2. The van der Waals surface area contributed by atoms with Crippen LogP contribution in [0.2, 0.25) is 0 Å². The number of H-pyrrole nitrogens is 1. The molecule has 0 bridgehead atoms. The van der Waals surface area contributed by atoms with Gasteiger partial charge in [-0.25, -0.2) is 0 Å². The second kappa shape index (κ2) is 5.00. The summed E-state index contributed by atoms with van der Waals surface area (Å²) in [5, 5.41) is 6.65. The first-order valence-corrected chi connectivity index (χ1v) is 6.81. The highest BCUT2D eigenvalue weighted by Crippen LogP contribution is 2.29. The van der Waals surface area contributed by atoms with Crippen molar-refractivity contribution in [2.75, 3.05) is 18.8 Å². The number of nitrogen functional groups attached to an aromatic ring is 1. The van der Waals surface area contributed by atoms with Crippen LogP contribution in [0, 0.1) is 6.92 Å². The summed E-state index contributed by atoms with van der Waals surface area (Å²) in [5.41, 5.74) is 8.30. The summed E-state index contributed by atoms with van der Waals surface area (Å²) in [6, 6.07) is 10.3. The van der Waals surface area contributed by atoms with Crippen LogP contribution >= 0.6 is 0 Å². The van der Waals surface area contributed by atoms with Crippen molar-refractivity contribution in [3.05, 3.63) is 47.2 Å². The van der Waals surface area contributed by atoms with Gasteiger partial charge >= 0.3 is 0 Å². The van der Waals surface area contributed by atoms with E-state index in [1.807, 2.05) is 30.0 Å². The van der Waals surface area contributed by atoms with E-state index >= 15 is 0 Å². The highest BCUT2D eigenvalue weighted by atomic mass is 16.2. The van der Waals surface area contributed by atoms with Crippen molar-refractivity contribution >= 4 is 11.7 Å².